The van der Waals surface area contributed by atoms with E-state index in [0.29, 0.717) is 10.8 Å². The fourth-order valence-electron chi connectivity index (χ4n) is 2.32. The van der Waals surface area contributed by atoms with E-state index in [-0.39, 0.29) is 6.04 Å². The van der Waals surface area contributed by atoms with Gasteiger partial charge in [-0.3, -0.25) is 4.68 Å². The minimum absolute atomic E-state index is 0.101. The van der Waals surface area contributed by atoms with E-state index in [1.54, 1.807) is 27.9 Å². The molecule has 0 fully saturated rings. The van der Waals surface area contributed by atoms with Crippen LogP contribution in [-0.2, 0) is 0 Å². The molecule has 21 heavy (non-hydrogen) atoms. The van der Waals surface area contributed by atoms with Gasteiger partial charge in [0.25, 0.3) is 0 Å². The molecule has 0 unspecified atom stereocenters. The number of aromatic nitrogens is 6. The third-order valence-corrected chi connectivity index (χ3v) is 3.63. The molecule has 0 aliphatic rings. The predicted molar refractivity (Wildman–Crippen MR) is 79.3 cm³/mol. The number of para-hydroxylation sites is 1. The highest BCUT2D eigenvalue weighted by Crippen LogP contribution is 2.20. The average molecular weight is 299 g/mol. The van der Waals surface area contributed by atoms with Gasteiger partial charge < -0.3 is 0 Å². The third kappa shape index (κ3) is 1.95. The van der Waals surface area contributed by atoms with Crippen LogP contribution in [0.4, 0.5) is 0 Å². The lowest BCUT2D eigenvalue weighted by molar-refractivity contribution is 0.536. The molecule has 4 rings (SSSR count). The van der Waals surface area contributed by atoms with Crippen molar-refractivity contribution in [1.82, 2.24) is 29.4 Å². The van der Waals surface area contributed by atoms with Crippen LogP contribution in [0.15, 0.2) is 43.0 Å². The Hall–Kier alpha value is -2.47. The zero-order valence-electron chi connectivity index (χ0n) is 11.2. The molecule has 7 heteroatoms. The van der Waals surface area contributed by atoms with Crippen molar-refractivity contribution >= 4 is 28.2 Å². The van der Waals surface area contributed by atoms with Crippen LogP contribution in [0, 0.1) is 0 Å². The summed E-state index contributed by atoms with van der Waals surface area (Å²) in [7, 11) is 0. The third-order valence-electron chi connectivity index (χ3n) is 3.44. The maximum absolute atomic E-state index is 5.91. The molecule has 1 atom stereocenters. The van der Waals surface area contributed by atoms with E-state index in [4.69, 9.17) is 11.6 Å². The van der Waals surface area contributed by atoms with Crippen LogP contribution in [-0.4, -0.2) is 29.4 Å². The summed E-state index contributed by atoms with van der Waals surface area (Å²) in [4.78, 5) is 9.01. The minimum atomic E-state index is -0.101. The van der Waals surface area contributed by atoms with Crippen LogP contribution in [0.25, 0.3) is 16.6 Å². The van der Waals surface area contributed by atoms with Gasteiger partial charge in [-0.1, -0.05) is 23.7 Å². The highest BCUT2D eigenvalue weighted by molar-refractivity contribution is 6.30. The molecular formula is C14H11ClN6. The Bertz CT molecular complexity index is 941. The Kier molecular flexibility index (Phi) is 2.65. The lowest BCUT2D eigenvalue weighted by Crippen LogP contribution is -2.09. The van der Waals surface area contributed by atoms with Crippen LogP contribution in [0.1, 0.15) is 18.8 Å². The number of halogens is 1. The van der Waals surface area contributed by atoms with E-state index >= 15 is 0 Å². The van der Waals surface area contributed by atoms with Gasteiger partial charge in [-0.25, -0.2) is 14.5 Å². The van der Waals surface area contributed by atoms with Crippen molar-refractivity contribution in [2.75, 3.05) is 0 Å². The average Bonchev–Trinajstić information content (AvgIpc) is 3.12. The van der Waals surface area contributed by atoms with Gasteiger partial charge >= 0.3 is 0 Å². The number of nitrogens with zero attached hydrogens (tertiary/aromatic N) is 6. The number of benzene rings is 1. The Morgan fingerprint density at radius 2 is 2.10 bits per heavy atom. The normalized spacial score (nSPS) is 13.0. The maximum Gasteiger partial charge on any atom is 0.176 e. The molecule has 0 amide bonds. The number of rotatable bonds is 2. The first-order valence-corrected chi connectivity index (χ1v) is 6.90. The van der Waals surface area contributed by atoms with Crippen LogP contribution in [0.2, 0.25) is 5.02 Å². The van der Waals surface area contributed by atoms with Crippen LogP contribution >= 0.6 is 11.6 Å². The zero-order chi connectivity index (χ0) is 14.4. The van der Waals surface area contributed by atoms with Gasteiger partial charge in [0.1, 0.15) is 12.4 Å². The van der Waals surface area contributed by atoms with Crippen LogP contribution < -0.4 is 0 Å². The summed E-state index contributed by atoms with van der Waals surface area (Å²) in [6.45, 7) is 1.98. The topological polar surface area (TPSA) is 60.9 Å². The molecule has 0 saturated heterocycles. The second kappa shape index (κ2) is 4.53. The highest BCUT2D eigenvalue weighted by atomic mass is 35.5. The molecule has 0 aliphatic heterocycles. The SMILES string of the molecule is C[C@@H](c1nc2c3ccccc3ncn2n1)n1cc(Cl)cn1. The van der Waals surface area contributed by atoms with E-state index in [1.165, 1.54) is 0 Å². The van der Waals surface area contributed by atoms with Crippen molar-refractivity contribution in [3.8, 4) is 0 Å². The molecule has 0 saturated carbocycles. The van der Waals surface area contributed by atoms with Gasteiger partial charge in [0.2, 0.25) is 0 Å². The smallest absolute Gasteiger partial charge is 0.176 e. The first kappa shape index (κ1) is 12.3. The van der Waals surface area contributed by atoms with Crippen molar-refractivity contribution in [2.24, 2.45) is 0 Å². The molecule has 0 radical (unpaired) electrons. The lowest BCUT2D eigenvalue weighted by atomic mass is 10.2. The summed E-state index contributed by atoms with van der Waals surface area (Å²) < 4.78 is 3.44. The molecule has 0 N–H and O–H groups in total. The molecule has 0 bridgehead atoms. The number of hydrogen-bond acceptors (Lipinski definition) is 4. The Morgan fingerprint density at radius 3 is 2.90 bits per heavy atom. The van der Waals surface area contributed by atoms with Gasteiger partial charge in [0.05, 0.1) is 16.7 Å². The summed E-state index contributed by atoms with van der Waals surface area (Å²) >= 11 is 5.91. The van der Waals surface area contributed by atoms with Crippen molar-refractivity contribution in [3.63, 3.8) is 0 Å². The highest BCUT2D eigenvalue weighted by Gasteiger charge is 2.16. The van der Waals surface area contributed by atoms with Crippen molar-refractivity contribution in [1.29, 1.82) is 0 Å². The summed E-state index contributed by atoms with van der Waals surface area (Å²) in [5, 5.41) is 10.3. The second-order valence-corrected chi connectivity index (χ2v) is 5.25. The van der Waals surface area contributed by atoms with E-state index < -0.39 is 0 Å². The summed E-state index contributed by atoms with van der Waals surface area (Å²) in [5.74, 6) is 0.674. The van der Waals surface area contributed by atoms with Gasteiger partial charge in [-0.2, -0.15) is 5.10 Å². The second-order valence-electron chi connectivity index (χ2n) is 4.81. The molecule has 4 aromatic rings. The molecule has 0 aliphatic carbocycles. The fourth-order valence-corrected chi connectivity index (χ4v) is 2.46. The monoisotopic (exact) mass is 298 g/mol. The number of hydrogen-bond donors (Lipinski definition) is 0. The Balaban J connectivity index is 1.88. The van der Waals surface area contributed by atoms with Gasteiger partial charge in [-0.05, 0) is 19.1 Å². The van der Waals surface area contributed by atoms with E-state index in [1.807, 2.05) is 31.2 Å². The van der Waals surface area contributed by atoms with Gasteiger partial charge in [0.15, 0.2) is 11.5 Å². The molecule has 6 nitrogen and oxygen atoms in total. The largest absolute Gasteiger partial charge is 0.261 e. The molecule has 1 aromatic carbocycles. The summed E-state index contributed by atoms with van der Waals surface area (Å²) in [6.07, 6.45) is 5.04. The summed E-state index contributed by atoms with van der Waals surface area (Å²) in [6, 6.07) is 7.77. The minimum Gasteiger partial charge on any atom is -0.261 e. The quantitative estimate of drug-likeness (QED) is 0.571. The lowest BCUT2D eigenvalue weighted by Gasteiger charge is -2.06. The molecule has 3 heterocycles. The summed E-state index contributed by atoms with van der Waals surface area (Å²) in [5.41, 5.74) is 1.69. The molecular weight excluding hydrogens is 288 g/mol. The first-order valence-electron chi connectivity index (χ1n) is 6.52. The number of fused-ring (bicyclic) bond motifs is 3. The van der Waals surface area contributed by atoms with Crippen LogP contribution in [0.5, 0.6) is 0 Å². The van der Waals surface area contributed by atoms with Crippen LogP contribution in [0.3, 0.4) is 0 Å². The molecule has 0 spiro atoms. The van der Waals surface area contributed by atoms with Crippen molar-refractivity contribution in [2.45, 2.75) is 13.0 Å². The molecule has 104 valence electrons. The maximum atomic E-state index is 5.91. The van der Waals surface area contributed by atoms with Gasteiger partial charge in [-0.15, -0.1) is 5.10 Å². The van der Waals surface area contributed by atoms with E-state index in [0.717, 1.165) is 16.6 Å². The zero-order valence-corrected chi connectivity index (χ0v) is 11.9. The van der Waals surface area contributed by atoms with Crippen molar-refractivity contribution < 1.29 is 0 Å². The molecule has 3 aromatic heterocycles. The Labute approximate surface area is 125 Å². The van der Waals surface area contributed by atoms with Crippen molar-refractivity contribution in [3.05, 3.63) is 53.8 Å². The van der Waals surface area contributed by atoms with Gasteiger partial charge in [0, 0.05) is 11.6 Å². The first-order chi connectivity index (χ1) is 10.2. The predicted octanol–water partition coefficient (Wildman–Crippen LogP) is 2.74. The fraction of sp³-hybridized carbons (Fsp3) is 0.143. The van der Waals surface area contributed by atoms with E-state index in [2.05, 4.69) is 20.2 Å². The van der Waals surface area contributed by atoms with E-state index in [9.17, 15) is 0 Å². The standard InChI is InChI=1S/C14H11ClN6/c1-9(20-7-10(15)6-17-20)13-18-14-11-4-2-3-5-12(11)16-8-21(14)19-13/h2-9H,1H3/t9-/m0/s1. The Morgan fingerprint density at radius 1 is 1.24 bits per heavy atom.